The van der Waals surface area contributed by atoms with Crippen molar-refractivity contribution in [3.05, 3.63) is 0 Å². The predicted molar refractivity (Wildman–Crippen MR) is 269 cm³/mol. The number of hydrogen-bond acceptors (Lipinski definition) is 11. The summed E-state index contributed by atoms with van der Waals surface area (Å²) in [5, 5.41) is 13.6. The average Bonchev–Trinajstić information content (AvgIpc) is 3.30. The zero-order valence-corrected chi connectivity index (χ0v) is 44.3. The van der Waals surface area contributed by atoms with E-state index in [4.69, 9.17) is 18.7 Å². The average molecular weight is 990 g/mol. The molecular formula is C53H100NO13P. The van der Waals surface area contributed by atoms with Crippen molar-refractivity contribution in [2.24, 2.45) is 5.92 Å². The fraction of sp³-hybridized carbons (Fsp3) is 0.925. The van der Waals surface area contributed by atoms with E-state index in [-0.39, 0.29) is 25.9 Å². The van der Waals surface area contributed by atoms with Gasteiger partial charge in [-0.25, -0.2) is 4.57 Å². The standard InChI is InChI=1S/C53H100NO13P/c1-5-8-11-14-17-20-22-23-26-28-31-34-37-44(36-33-30-27-25-21-18-15-12-9-6-2)53(59)66-51-46(54-48(56)41-45(55)38-35-32-29-24-19-16-13-10-7-3)42-64-47(52(51)67-68(60,61)62)43-65-50(58)40-39-49(57)63-4/h44-47,51-52,55H,5-43H2,1-4H3,(H,54,56)(H2,60,61,62)/t44?,45-,46-,47+,51+,52-/m1/s1. The highest BCUT2D eigenvalue weighted by molar-refractivity contribution is 7.46. The molecule has 68 heavy (non-hydrogen) atoms. The third-order valence-corrected chi connectivity index (χ3v) is 13.8. The molecule has 14 nitrogen and oxygen atoms in total. The Hall–Kier alpha value is -2.09. The van der Waals surface area contributed by atoms with Gasteiger partial charge in [0.05, 0.1) is 51.0 Å². The van der Waals surface area contributed by atoms with Gasteiger partial charge < -0.3 is 39.2 Å². The lowest BCUT2D eigenvalue weighted by Gasteiger charge is -2.42. The van der Waals surface area contributed by atoms with Crippen molar-refractivity contribution in [3.8, 4) is 0 Å². The molecule has 1 fully saturated rings. The zero-order valence-electron chi connectivity index (χ0n) is 43.4. The maximum absolute atomic E-state index is 14.4. The first-order chi connectivity index (χ1) is 32.8. The number of aliphatic hydroxyl groups is 1. The first kappa shape index (κ1) is 63.9. The molecule has 1 aliphatic rings. The molecule has 1 aliphatic heterocycles. The Bertz CT molecular complexity index is 1310. The van der Waals surface area contributed by atoms with Gasteiger partial charge in [0, 0.05) is 0 Å². The number of aliphatic hydroxyl groups excluding tert-OH is 1. The van der Waals surface area contributed by atoms with E-state index in [1.807, 2.05) is 0 Å². The summed E-state index contributed by atoms with van der Waals surface area (Å²) < 4.78 is 39.9. The second-order valence-electron chi connectivity index (χ2n) is 19.6. The van der Waals surface area contributed by atoms with Gasteiger partial charge >= 0.3 is 25.7 Å². The molecule has 0 aromatic rings. The molecule has 0 bridgehead atoms. The second-order valence-corrected chi connectivity index (χ2v) is 20.8. The zero-order chi connectivity index (χ0) is 50.1. The van der Waals surface area contributed by atoms with Crippen LogP contribution >= 0.6 is 7.82 Å². The molecule has 1 unspecified atom stereocenters. The lowest BCUT2D eigenvalue weighted by Crippen LogP contribution is -2.62. The van der Waals surface area contributed by atoms with E-state index in [2.05, 4.69) is 30.8 Å². The smallest absolute Gasteiger partial charge is 0.469 e. The van der Waals surface area contributed by atoms with E-state index in [1.54, 1.807) is 0 Å². The Labute approximate surface area is 412 Å². The monoisotopic (exact) mass is 990 g/mol. The molecule has 0 aromatic heterocycles. The van der Waals surface area contributed by atoms with Gasteiger partial charge in [-0.2, -0.15) is 0 Å². The molecule has 400 valence electrons. The van der Waals surface area contributed by atoms with Crippen molar-refractivity contribution in [1.82, 2.24) is 5.32 Å². The van der Waals surface area contributed by atoms with Crippen molar-refractivity contribution in [1.29, 1.82) is 0 Å². The highest BCUT2D eigenvalue weighted by Gasteiger charge is 2.48. The van der Waals surface area contributed by atoms with Crippen LogP contribution in [0, 0.1) is 5.92 Å². The number of phosphoric acid groups is 1. The Kier molecular flexibility index (Phi) is 40.0. The Morgan fingerprint density at radius 2 is 0.985 bits per heavy atom. The van der Waals surface area contributed by atoms with Gasteiger partial charge in [0.2, 0.25) is 5.91 Å². The van der Waals surface area contributed by atoms with E-state index in [9.17, 15) is 38.6 Å². The van der Waals surface area contributed by atoms with Gasteiger partial charge in [-0.05, 0) is 19.3 Å². The molecule has 1 rings (SSSR count). The van der Waals surface area contributed by atoms with Crippen LogP contribution in [0.1, 0.15) is 258 Å². The van der Waals surface area contributed by atoms with Gasteiger partial charge in [-0.15, -0.1) is 0 Å². The van der Waals surface area contributed by atoms with Crippen LogP contribution in [0.2, 0.25) is 0 Å². The summed E-state index contributed by atoms with van der Waals surface area (Å²) in [5.41, 5.74) is 0. The Balaban J connectivity index is 3.14. The molecule has 0 spiro atoms. The van der Waals surface area contributed by atoms with Crippen LogP contribution in [-0.4, -0.2) is 89.5 Å². The van der Waals surface area contributed by atoms with Crippen molar-refractivity contribution >= 4 is 31.6 Å². The minimum absolute atomic E-state index is 0.222. The van der Waals surface area contributed by atoms with Crippen molar-refractivity contribution in [3.63, 3.8) is 0 Å². The summed E-state index contributed by atoms with van der Waals surface area (Å²) in [6.07, 6.45) is 31.4. The normalized spacial score (nSPS) is 18.2. The number of esters is 3. The SMILES string of the molecule is CCCCCCCCCCCCCCC(CCCCCCCCCCCC)C(=O)O[C@@H]1[C@H](OP(=O)(O)O)[C@H](COC(=O)CCC(=O)OC)OC[C@H]1NC(=O)C[C@H](O)CCCCCCCCCCC. The summed E-state index contributed by atoms with van der Waals surface area (Å²) in [6.45, 7) is 5.87. The lowest BCUT2D eigenvalue weighted by atomic mass is 9.93. The van der Waals surface area contributed by atoms with Crippen molar-refractivity contribution in [2.45, 2.75) is 289 Å². The predicted octanol–water partition coefficient (Wildman–Crippen LogP) is 12.4. The van der Waals surface area contributed by atoms with Gasteiger partial charge in [-0.3, -0.25) is 23.7 Å². The van der Waals surface area contributed by atoms with E-state index >= 15 is 0 Å². The summed E-state index contributed by atoms with van der Waals surface area (Å²) in [5.74, 6) is -2.97. The summed E-state index contributed by atoms with van der Waals surface area (Å²) in [7, 11) is -4.08. The molecule has 1 heterocycles. The molecular weight excluding hydrogens is 890 g/mol. The van der Waals surface area contributed by atoms with Crippen LogP contribution in [0.3, 0.4) is 0 Å². The number of amides is 1. The molecule has 1 saturated heterocycles. The molecule has 0 aliphatic carbocycles. The number of ether oxygens (including phenoxy) is 4. The fourth-order valence-electron chi connectivity index (χ4n) is 9.11. The third kappa shape index (κ3) is 35.1. The molecule has 15 heteroatoms. The molecule has 0 radical (unpaired) electrons. The number of carbonyl (C=O) groups is 4. The summed E-state index contributed by atoms with van der Waals surface area (Å²) in [4.78, 5) is 72.3. The number of unbranched alkanes of at least 4 members (excludes halogenated alkanes) is 28. The van der Waals surface area contributed by atoms with Crippen LogP contribution in [-0.2, 0) is 47.2 Å². The molecule has 4 N–H and O–H groups in total. The van der Waals surface area contributed by atoms with Crippen molar-refractivity contribution in [2.75, 3.05) is 20.3 Å². The van der Waals surface area contributed by atoms with Gasteiger partial charge in [0.25, 0.3) is 0 Å². The van der Waals surface area contributed by atoms with Crippen LogP contribution < -0.4 is 5.32 Å². The van der Waals surface area contributed by atoms with E-state index in [0.717, 1.165) is 77.0 Å². The lowest BCUT2D eigenvalue weighted by molar-refractivity contribution is -0.196. The number of methoxy groups -OCH3 is 1. The largest absolute Gasteiger partial charge is 0.470 e. The Morgan fingerprint density at radius 3 is 1.40 bits per heavy atom. The van der Waals surface area contributed by atoms with Crippen LogP contribution in [0.15, 0.2) is 0 Å². The molecule has 0 aromatic carbocycles. The van der Waals surface area contributed by atoms with E-state index in [0.29, 0.717) is 19.3 Å². The minimum atomic E-state index is -5.27. The molecule has 0 saturated carbocycles. The van der Waals surface area contributed by atoms with Crippen LogP contribution in [0.5, 0.6) is 0 Å². The quantitative estimate of drug-likeness (QED) is 0.0194. The van der Waals surface area contributed by atoms with Gasteiger partial charge in [0.1, 0.15) is 18.8 Å². The van der Waals surface area contributed by atoms with E-state index < -0.39 is 74.6 Å². The summed E-state index contributed by atoms with van der Waals surface area (Å²) >= 11 is 0. The van der Waals surface area contributed by atoms with E-state index in [1.165, 1.54) is 129 Å². The third-order valence-electron chi connectivity index (χ3n) is 13.3. The number of carbonyl (C=O) groups excluding carboxylic acids is 4. The van der Waals surface area contributed by atoms with Gasteiger partial charge in [-0.1, -0.05) is 220 Å². The van der Waals surface area contributed by atoms with Crippen LogP contribution in [0.25, 0.3) is 0 Å². The maximum Gasteiger partial charge on any atom is 0.470 e. The highest BCUT2D eigenvalue weighted by Crippen LogP contribution is 2.42. The topological polar surface area (TPSA) is 204 Å². The number of phosphoric ester groups is 1. The first-order valence-corrected chi connectivity index (χ1v) is 29.1. The second kappa shape index (κ2) is 42.6. The first-order valence-electron chi connectivity index (χ1n) is 27.6. The number of hydrogen-bond donors (Lipinski definition) is 4. The fourth-order valence-corrected chi connectivity index (χ4v) is 9.68. The maximum atomic E-state index is 14.4. The minimum Gasteiger partial charge on any atom is -0.469 e. The Morgan fingerprint density at radius 1 is 0.588 bits per heavy atom. The van der Waals surface area contributed by atoms with Crippen LogP contribution in [0.4, 0.5) is 0 Å². The number of rotatable bonds is 46. The van der Waals surface area contributed by atoms with Gasteiger partial charge in [0.15, 0.2) is 6.10 Å². The highest BCUT2D eigenvalue weighted by atomic mass is 31.2. The molecule has 1 amide bonds. The molecule has 6 atom stereocenters. The van der Waals surface area contributed by atoms with Crippen molar-refractivity contribution < 1.29 is 62.1 Å². The number of nitrogens with one attached hydrogen (secondary N) is 1. The summed E-state index contributed by atoms with van der Waals surface area (Å²) in [6, 6.07) is -1.10.